The molecule has 2 aliphatic heterocycles. The van der Waals surface area contributed by atoms with Crippen LogP contribution in [0.4, 0.5) is 15.3 Å². The van der Waals surface area contributed by atoms with E-state index >= 15 is 0 Å². The van der Waals surface area contributed by atoms with Crippen LogP contribution in [0, 0.1) is 0 Å². The summed E-state index contributed by atoms with van der Waals surface area (Å²) in [5.41, 5.74) is 0.874. The molecule has 0 aliphatic carbocycles. The molecule has 13 heteroatoms. The van der Waals surface area contributed by atoms with Gasteiger partial charge in [-0.15, -0.1) is 4.28 Å². The standard InChI is InChI=1S/C18H15N3O9S/c22-16(23)15-12-7-6-11(29-17(24)19-10-4-2-1-3-5-10)8-13(12)14-9-20(15)18(25)21(14)30-31(26,27)28/h1-8,14-15H,9H2,(H,19,24)(H,22,23)(H,26,27,28)/t14-,15-/m1/s1. The summed E-state index contributed by atoms with van der Waals surface area (Å²) in [6.45, 7) is -0.210. The van der Waals surface area contributed by atoms with Crippen molar-refractivity contribution < 1.29 is 41.5 Å². The molecule has 0 unspecified atom stereocenters. The first-order chi connectivity index (χ1) is 14.6. The van der Waals surface area contributed by atoms with Gasteiger partial charge in [-0.3, -0.25) is 9.87 Å². The Bertz CT molecular complexity index is 1170. The molecule has 2 atom stereocenters. The van der Waals surface area contributed by atoms with Crippen LogP contribution in [-0.2, 0) is 19.5 Å². The predicted octanol–water partition coefficient (Wildman–Crippen LogP) is 1.95. The number of nitrogens with one attached hydrogen (secondary N) is 1. The summed E-state index contributed by atoms with van der Waals surface area (Å²) in [5.74, 6) is -1.33. The molecule has 12 nitrogen and oxygen atoms in total. The number of anilines is 1. The quantitative estimate of drug-likeness (QED) is 0.579. The molecule has 0 aromatic heterocycles. The van der Waals surface area contributed by atoms with Gasteiger partial charge in [-0.05, 0) is 35.4 Å². The zero-order valence-electron chi connectivity index (χ0n) is 15.5. The number of fused-ring (bicyclic) bond motifs is 4. The lowest BCUT2D eigenvalue weighted by molar-refractivity contribution is -0.142. The van der Waals surface area contributed by atoms with E-state index in [4.69, 9.17) is 9.29 Å². The Morgan fingerprint density at radius 1 is 1.10 bits per heavy atom. The van der Waals surface area contributed by atoms with Crippen LogP contribution in [0.25, 0.3) is 0 Å². The first-order valence-corrected chi connectivity index (χ1v) is 10.2. The van der Waals surface area contributed by atoms with Crippen LogP contribution in [-0.4, -0.2) is 52.7 Å². The van der Waals surface area contributed by atoms with Gasteiger partial charge in [0.15, 0.2) is 6.04 Å². The summed E-state index contributed by atoms with van der Waals surface area (Å²) >= 11 is 0. The first kappa shape index (κ1) is 20.6. The number of hydrogen-bond donors (Lipinski definition) is 3. The predicted molar refractivity (Wildman–Crippen MR) is 102 cm³/mol. The summed E-state index contributed by atoms with van der Waals surface area (Å²) < 4.78 is 40.9. The van der Waals surface area contributed by atoms with Gasteiger partial charge in [-0.2, -0.15) is 13.5 Å². The van der Waals surface area contributed by atoms with E-state index in [0.717, 1.165) is 4.90 Å². The summed E-state index contributed by atoms with van der Waals surface area (Å²) in [6.07, 6.45) is -0.813. The van der Waals surface area contributed by atoms with Gasteiger partial charge in [0.05, 0.1) is 6.54 Å². The second-order valence-corrected chi connectivity index (χ2v) is 7.70. The Hall–Kier alpha value is -3.68. The van der Waals surface area contributed by atoms with Crippen molar-refractivity contribution in [2.24, 2.45) is 0 Å². The number of carbonyl (C=O) groups is 3. The molecule has 2 heterocycles. The fourth-order valence-corrected chi connectivity index (χ4v) is 3.95. The van der Waals surface area contributed by atoms with Crippen LogP contribution in [0.3, 0.4) is 0 Å². The van der Waals surface area contributed by atoms with Gasteiger partial charge in [-0.1, -0.05) is 24.3 Å². The van der Waals surface area contributed by atoms with Gasteiger partial charge in [-0.25, -0.2) is 14.4 Å². The maximum Gasteiger partial charge on any atom is 0.418 e. The average Bonchev–Trinajstić information content (AvgIpc) is 2.94. The number of benzene rings is 2. The molecule has 0 saturated carbocycles. The molecule has 2 aliphatic rings. The van der Waals surface area contributed by atoms with E-state index in [2.05, 4.69) is 9.60 Å². The number of hydrogen-bond acceptors (Lipinski definition) is 7. The number of aliphatic carboxylic acids is 1. The molecule has 31 heavy (non-hydrogen) atoms. The second-order valence-electron chi connectivity index (χ2n) is 6.69. The van der Waals surface area contributed by atoms with Crippen LogP contribution >= 0.6 is 0 Å². The highest BCUT2D eigenvalue weighted by Gasteiger charge is 2.52. The van der Waals surface area contributed by atoms with Crippen molar-refractivity contribution in [3.05, 3.63) is 59.7 Å². The maximum atomic E-state index is 12.5. The van der Waals surface area contributed by atoms with Crippen molar-refractivity contribution in [3.8, 4) is 5.75 Å². The topological polar surface area (TPSA) is 163 Å². The van der Waals surface area contributed by atoms with E-state index in [9.17, 15) is 27.9 Å². The number of carboxylic acid groups (broad SMARTS) is 1. The van der Waals surface area contributed by atoms with Crippen LogP contribution in [0.15, 0.2) is 48.5 Å². The third kappa shape index (κ3) is 4.01. The van der Waals surface area contributed by atoms with Crippen molar-refractivity contribution in [1.82, 2.24) is 9.96 Å². The van der Waals surface area contributed by atoms with Crippen molar-refractivity contribution in [1.29, 1.82) is 0 Å². The van der Waals surface area contributed by atoms with Gasteiger partial charge in [0, 0.05) is 5.69 Å². The molecule has 4 rings (SSSR count). The highest BCUT2D eigenvalue weighted by molar-refractivity contribution is 7.80. The van der Waals surface area contributed by atoms with E-state index in [-0.39, 0.29) is 23.4 Å². The van der Waals surface area contributed by atoms with Crippen molar-refractivity contribution in [3.63, 3.8) is 0 Å². The lowest BCUT2D eigenvalue weighted by Crippen LogP contribution is -2.38. The van der Waals surface area contributed by atoms with E-state index in [1.54, 1.807) is 30.3 Å². The minimum atomic E-state index is -5.05. The second kappa shape index (κ2) is 7.54. The molecule has 0 spiro atoms. The number of para-hydroxylation sites is 1. The van der Waals surface area contributed by atoms with Crippen molar-refractivity contribution in [2.75, 3.05) is 11.9 Å². The summed E-state index contributed by atoms with van der Waals surface area (Å²) in [6, 6.07) is 9.01. The number of ether oxygens (including phenoxy) is 1. The maximum absolute atomic E-state index is 12.5. The summed E-state index contributed by atoms with van der Waals surface area (Å²) in [4.78, 5) is 37.4. The Kier molecular flexibility index (Phi) is 5.00. The van der Waals surface area contributed by atoms with Gasteiger partial charge in [0.2, 0.25) is 0 Å². The van der Waals surface area contributed by atoms with E-state index in [0.29, 0.717) is 10.8 Å². The Balaban J connectivity index is 1.65. The zero-order chi connectivity index (χ0) is 22.3. The molecular weight excluding hydrogens is 434 g/mol. The average molecular weight is 449 g/mol. The molecule has 2 aromatic carbocycles. The molecule has 1 fully saturated rings. The molecule has 1 saturated heterocycles. The third-order valence-corrected chi connectivity index (χ3v) is 5.10. The number of carboxylic acids is 1. The molecule has 3 N–H and O–H groups in total. The van der Waals surface area contributed by atoms with E-state index < -0.39 is 40.6 Å². The van der Waals surface area contributed by atoms with E-state index in [1.165, 1.54) is 18.2 Å². The van der Waals surface area contributed by atoms with Crippen LogP contribution < -0.4 is 10.1 Å². The molecule has 162 valence electrons. The number of urea groups is 1. The van der Waals surface area contributed by atoms with Crippen molar-refractivity contribution >= 4 is 34.2 Å². The van der Waals surface area contributed by atoms with Gasteiger partial charge < -0.3 is 14.7 Å². The minimum absolute atomic E-state index is 0.0240. The van der Waals surface area contributed by atoms with Crippen LogP contribution in [0.1, 0.15) is 23.2 Å². The highest BCUT2D eigenvalue weighted by atomic mass is 32.3. The van der Waals surface area contributed by atoms with Gasteiger partial charge in [0.1, 0.15) is 11.8 Å². The van der Waals surface area contributed by atoms with Crippen LogP contribution in [0.2, 0.25) is 0 Å². The van der Waals surface area contributed by atoms with Gasteiger partial charge >= 0.3 is 28.5 Å². The Morgan fingerprint density at radius 2 is 1.81 bits per heavy atom. The number of rotatable bonds is 5. The largest absolute Gasteiger partial charge is 0.479 e. The molecule has 0 radical (unpaired) electrons. The molecule has 2 aromatic rings. The highest BCUT2D eigenvalue weighted by Crippen LogP contribution is 2.45. The lowest BCUT2D eigenvalue weighted by Gasteiger charge is -2.30. The summed E-state index contributed by atoms with van der Waals surface area (Å²) in [7, 11) is -5.05. The monoisotopic (exact) mass is 449 g/mol. The van der Waals surface area contributed by atoms with E-state index in [1.807, 2.05) is 0 Å². The fraction of sp³-hybridized carbons (Fsp3) is 0.167. The first-order valence-electron chi connectivity index (χ1n) is 8.81. The minimum Gasteiger partial charge on any atom is -0.479 e. The van der Waals surface area contributed by atoms with Crippen molar-refractivity contribution in [2.45, 2.75) is 12.1 Å². The third-order valence-electron chi connectivity index (χ3n) is 4.75. The van der Waals surface area contributed by atoms with Crippen LogP contribution in [0.5, 0.6) is 5.75 Å². The van der Waals surface area contributed by atoms with Gasteiger partial charge in [0.25, 0.3) is 0 Å². The number of carbonyl (C=O) groups excluding carboxylic acids is 2. The lowest BCUT2D eigenvalue weighted by atomic mass is 9.91. The molecule has 3 amide bonds. The Labute approximate surface area is 175 Å². The smallest absolute Gasteiger partial charge is 0.418 e. The fourth-order valence-electron chi connectivity index (χ4n) is 3.58. The zero-order valence-corrected chi connectivity index (χ0v) is 16.4. The summed E-state index contributed by atoms with van der Waals surface area (Å²) in [5, 5.41) is 12.5. The SMILES string of the molecule is O=C(Nc1ccccc1)Oc1ccc2c(c1)[C@H]1CN(C(=O)N1OS(=O)(=O)O)[C@H]2C(=O)O. The Morgan fingerprint density at radius 3 is 2.45 bits per heavy atom. The number of amides is 3. The number of hydroxylamine groups is 2. The number of nitrogens with zero attached hydrogens (tertiary/aromatic N) is 2. The normalized spacial score (nSPS) is 19.7. The molecular formula is C18H15N3O9S. The molecule has 2 bridgehead atoms.